The third-order valence-corrected chi connectivity index (χ3v) is 6.30. The van der Waals surface area contributed by atoms with Gasteiger partial charge < -0.3 is 9.26 Å². The maximum absolute atomic E-state index is 13.4. The molecule has 0 N–H and O–H groups in total. The van der Waals surface area contributed by atoms with Crippen LogP contribution in [0, 0.1) is 0 Å². The Morgan fingerprint density at radius 2 is 1.76 bits per heavy atom. The fourth-order valence-electron chi connectivity index (χ4n) is 3.54. The van der Waals surface area contributed by atoms with E-state index in [0.29, 0.717) is 56.6 Å². The molecule has 0 aliphatic carbocycles. The molecule has 7 nitrogen and oxygen atoms in total. The molecule has 2 aromatic heterocycles. The van der Waals surface area contributed by atoms with Crippen LogP contribution in [0.2, 0.25) is 5.02 Å². The number of hydrogen-bond donors (Lipinski definition) is 0. The summed E-state index contributed by atoms with van der Waals surface area (Å²) in [5, 5.41) is 5.56. The number of benzene rings is 3. The highest BCUT2D eigenvalue weighted by Crippen LogP contribution is 2.30. The van der Waals surface area contributed by atoms with Gasteiger partial charge in [0.1, 0.15) is 5.75 Å². The first-order valence-electron chi connectivity index (χ1n) is 10.6. The van der Waals surface area contributed by atoms with E-state index in [1.807, 2.05) is 61.5 Å². The number of halogens is 1. The Labute approximate surface area is 204 Å². The molecule has 0 saturated heterocycles. The van der Waals surface area contributed by atoms with Crippen LogP contribution < -0.4 is 10.3 Å². The minimum Gasteiger partial charge on any atom is -0.493 e. The molecular weight excluding hydrogens is 472 g/mol. The largest absolute Gasteiger partial charge is 0.493 e. The second-order valence-corrected chi connectivity index (χ2v) is 8.58. The summed E-state index contributed by atoms with van der Waals surface area (Å²) in [5.41, 5.74) is 1.72. The normalized spacial score (nSPS) is 11.1. The van der Waals surface area contributed by atoms with E-state index in [2.05, 4.69) is 10.1 Å². The number of ether oxygens (including phenoxy) is 1. The van der Waals surface area contributed by atoms with Gasteiger partial charge in [0.05, 0.1) is 39.5 Å². The zero-order chi connectivity index (χ0) is 23.5. The molecule has 0 amide bonds. The molecule has 0 spiro atoms. The lowest BCUT2D eigenvalue weighted by atomic mass is 10.2. The zero-order valence-corrected chi connectivity index (χ0v) is 19.7. The van der Waals surface area contributed by atoms with Crippen LogP contribution in [-0.2, 0) is 5.75 Å². The number of rotatable bonds is 7. The van der Waals surface area contributed by atoms with Crippen LogP contribution in [0.15, 0.2) is 87.3 Å². The van der Waals surface area contributed by atoms with Crippen LogP contribution in [0.5, 0.6) is 5.75 Å². The molecule has 0 saturated carbocycles. The van der Waals surface area contributed by atoms with Gasteiger partial charge in [0, 0.05) is 0 Å². The predicted octanol–water partition coefficient (Wildman–Crippen LogP) is 5.78. The van der Waals surface area contributed by atoms with Gasteiger partial charge >= 0.3 is 0 Å². The number of thioether (sulfide) groups is 1. The van der Waals surface area contributed by atoms with Gasteiger partial charge in [0.2, 0.25) is 11.7 Å². The molecule has 0 fully saturated rings. The van der Waals surface area contributed by atoms with Crippen molar-refractivity contribution in [3.63, 3.8) is 0 Å². The lowest BCUT2D eigenvalue weighted by Crippen LogP contribution is -2.22. The molecule has 9 heteroatoms. The fraction of sp³-hybridized carbons (Fsp3) is 0.120. The molecule has 0 aliphatic rings. The minimum absolute atomic E-state index is 0.196. The second-order valence-electron chi connectivity index (χ2n) is 7.23. The van der Waals surface area contributed by atoms with Crippen LogP contribution in [0.3, 0.4) is 0 Å². The van der Waals surface area contributed by atoms with Crippen LogP contribution in [0.25, 0.3) is 28.0 Å². The summed E-state index contributed by atoms with van der Waals surface area (Å²) in [4.78, 5) is 22.6. The van der Waals surface area contributed by atoms with E-state index in [1.165, 1.54) is 16.3 Å². The second kappa shape index (κ2) is 9.70. The van der Waals surface area contributed by atoms with Gasteiger partial charge in [0.15, 0.2) is 5.16 Å². The lowest BCUT2D eigenvalue weighted by molar-refractivity contribution is 0.341. The fourth-order valence-corrected chi connectivity index (χ4v) is 4.60. The van der Waals surface area contributed by atoms with Gasteiger partial charge in [-0.05, 0) is 43.3 Å². The molecule has 0 unspecified atom stereocenters. The third kappa shape index (κ3) is 4.30. The SMILES string of the molecule is CCOc1ccccc1-c1noc(CSc2nc3ccccc3c(=O)n2-c2ccccc2Cl)n1. The Morgan fingerprint density at radius 1 is 1.00 bits per heavy atom. The molecule has 0 atom stereocenters. The highest BCUT2D eigenvalue weighted by atomic mass is 35.5. The zero-order valence-electron chi connectivity index (χ0n) is 18.1. The Bertz CT molecular complexity index is 1530. The van der Waals surface area contributed by atoms with Gasteiger partial charge in [-0.15, -0.1) is 0 Å². The summed E-state index contributed by atoms with van der Waals surface area (Å²) in [5.74, 6) is 1.85. The number of para-hydroxylation sites is 3. The standard InChI is InChI=1S/C25H19ClN4O3S/c1-2-32-21-14-8-4-10-17(21)23-28-22(33-29-23)15-34-25-27-19-12-6-3-9-16(19)24(31)30(25)20-13-7-5-11-18(20)26/h3-14H,2,15H2,1H3. The third-order valence-electron chi connectivity index (χ3n) is 5.06. The number of fused-ring (bicyclic) bond motifs is 1. The summed E-state index contributed by atoms with van der Waals surface area (Å²) in [6, 6.07) is 22.0. The van der Waals surface area contributed by atoms with E-state index >= 15 is 0 Å². The van der Waals surface area contributed by atoms with Gasteiger partial charge in [-0.25, -0.2) is 4.98 Å². The minimum atomic E-state index is -0.196. The first-order chi connectivity index (χ1) is 16.7. The maximum atomic E-state index is 13.4. The molecule has 2 heterocycles. The summed E-state index contributed by atoms with van der Waals surface area (Å²) < 4.78 is 12.7. The number of nitrogens with zero attached hydrogens (tertiary/aromatic N) is 4. The molecule has 3 aromatic carbocycles. The van der Waals surface area contributed by atoms with Crippen molar-refractivity contribution < 1.29 is 9.26 Å². The van der Waals surface area contributed by atoms with Crippen LogP contribution in [0.1, 0.15) is 12.8 Å². The van der Waals surface area contributed by atoms with E-state index in [0.717, 1.165) is 5.56 Å². The first kappa shape index (κ1) is 22.2. The average molecular weight is 491 g/mol. The van der Waals surface area contributed by atoms with Gasteiger partial charge in [-0.3, -0.25) is 9.36 Å². The summed E-state index contributed by atoms with van der Waals surface area (Å²) >= 11 is 7.75. The monoisotopic (exact) mass is 490 g/mol. The smallest absolute Gasteiger partial charge is 0.266 e. The van der Waals surface area contributed by atoms with E-state index in [9.17, 15) is 4.79 Å². The van der Waals surface area contributed by atoms with E-state index in [-0.39, 0.29) is 5.56 Å². The van der Waals surface area contributed by atoms with Gasteiger partial charge in [-0.2, -0.15) is 4.98 Å². The molecule has 5 rings (SSSR count). The van der Waals surface area contributed by atoms with Crippen molar-refractivity contribution >= 4 is 34.3 Å². The molecule has 0 bridgehead atoms. The Morgan fingerprint density at radius 3 is 2.62 bits per heavy atom. The van der Waals surface area contributed by atoms with Crippen LogP contribution in [-0.4, -0.2) is 26.3 Å². The van der Waals surface area contributed by atoms with E-state index in [4.69, 9.17) is 25.8 Å². The first-order valence-corrected chi connectivity index (χ1v) is 12.0. The molecule has 0 aliphatic heterocycles. The molecule has 170 valence electrons. The van der Waals surface area contributed by atoms with Crippen molar-refractivity contribution in [2.24, 2.45) is 0 Å². The molecule has 0 radical (unpaired) electrons. The number of aromatic nitrogens is 4. The van der Waals surface area contributed by atoms with Crippen molar-refractivity contribution in [3.8, 4) is 22.8 Å². The van der Waals surface area contributed by atoms with Crippen LogP contribution in [0.4, 0.5) is 0 Å². The highest BCUT2D eigenvalue weighted by Gasteiger charge is 2.18. The van der Waals surface area contributed by atoms with Crippen LogP contribution >= 0.6 is 23.4 Å². The van der Waals surface area contributed by atoms with Crippen molar-refractivity contribution in [1.29, 1.82) is 0 Å². The van der Waals surface area contributed by atoms with E-state index < -0.39 is 0 Å². The molecule has 5 aromatic rings. The van der Waals surface area contributed by atoms with Gasteiger partial charge in [0.25, 0.3) is 5.56 Å². The van der Waals surface area contributed by atoms with Crippen molar-refractivity contribution in [3.05, 3.63) is 94.1 Å². The quantitative estimate of drug-likeness (QED) is 0.211. The summed E-state index contributed by atoms with van der Waals surface area (Å²) in [6.07, 6.45) is 0. The van der Waals surface area contributed by atoms with Crippen molar-refractivity contribution in [2.45, 2.75) is 17.8 Å². The summed E-state index contributed by atoms with van der Waals surface area (Å²) in [6.45, 7) is 2.45. The Balaban J connectivity index is 1.50. The summed E-state index contributed by atoms with van der Waals surface area (Å²) in [7, 11) is 0. The topological polar surface area (TPSA) is 83.0 Å². The Kier molecular flexibility index (Phi) is 6.33. The lowest BCUT2D eigenvalue weighted by Gasteiger charge is -2.13. The predicted molar refractivity (Wildman–Crippen MR) is 133 cm³/mol. The number of hydrogen-bond acceptors (Lipinski definition) is 7. The Hall–Kier alpha value is -3.62. The molecule has 34 heavy (non-hydrogen) atoms. The molecular formula is C25H19ClN4O3S. The average Bonchev–Trinajstić information content (AvgIpc) is 3.33. The van der Waals surface area contributed by atoms with E-state index in [1.54, 1.807) is 18.2 Å². The van der Waals surface area contributed by atoms with Gasteiger partial charge in [-0.1, -0.05) is 64.9 Å². The van der Waals surface area contributed by atoms with Crippen molar-refractivity contribution in [1.82, 2.24) is 19.7 Å². The maximum Gasteiger partial charge on any atom is 0.266 e. The highest BCUT2D eigenvalue weighted by molar-refractivity contribution is 7.98. The van der Waals surface area contributed by atoms with Crippen molar-refractivity contribution in [2.75, 3.05) is 6.61 Å².